The van der Waals surface area contributed by atoms with Crippen molar-refractivity contribution in [3.63, 3.8) is 0 Å². The number of hydrogen-bond donors (Lipinski definition) is 2. The zero-order valence-electron chi connectivity index (χ0n) is 14.8. The number of aromatic hydroxyl groups is 1. The van der Waals surface area contributed by atoms with E-state index in [-0.39, 0.29) is 18.0 Å². The Morgan fingerprint density at radius 1 is 1.10 bits per heavy atom. The Hall–Kier alpha value is -3.56. The molecule has 0 aliphatic heterocycles. The third-order valence-electron chi connectivity index (χ3n) is 3.90. The molecule has 6 nitrogen and oxygen atoms in total. The van der Waals surface area contributed by atoms with Gasteiger partial charge < -0.3 is 15.2 Å². The zero-order valence-corrected chi connectivity index (χ0v) is 14.8. The van der Waals surface area contributed by atoms with Crippen LogP contribution in [0.15, 0.2) is 54.7 Å². The van der Waals surface area contributed by atoms with Gasteiger partial charge in [-0.05, 0) is 48.4 Å². The van der Waals surface area contributed by atoms with Gasteiger partial charge in [0.15, 0.2) is 11.4 Å². The zero-order chi connectivity index (χ0) is 21.0. The van der Waals surface area contributed by atoms with Crippen LogP contribution < -0.4 is 10.1 Å². The van der Waals surface area contributed by atoms with Gasteiger partial charge in [-0.1, -0.05) is 12.1 Å². The quantitative estimate of drug-likeness (QED) is 0.623. The highest BCUT2D eigenvalue weighted by Crippen LogP contribution is 2.37. The van der Waals surface area contributed by atoms with Crippen LogP contribution in [0, 0.1) is 5.82 Å². The Morgan fingerprint density at radius 3 is 2.38 bits per heavy atom. The number of benzene rings is 2. The summed E-state index contributed by atoms with van der Waals surface area (Å²) in [7, 11) is 0. The van der Waals surface area contributed by atoms with Crippen molar-refractivity contribution in [2.24, 2.45) is 0 Å². The van der Waals surface area contributed by atoms with E-state index in [9.17, 15) is 27.5 Å². The van der Waals surface area contributed by atoms with E-state index in [0.29, 0.717) is 11.1 Å². The number of hydrogen-bond acceptors (Lipinski definition) is 4. The van der Waals surface area contributed by atoms with Crippen LogP contribution in [0.5, 0.6) is 11.5 Å². The van der Waals surface area contributed by atoms with Crippen molar-refractivity contribution >= 4 is 6.09 Å². The summed E-state index contributed by atoms with van der Waals surface area (Å²) < 4.78 is 58.8. The van der Waals surface area contributed by atoms with E-state index in [0.717, 1.165) is 36.0 Å². The van der Waals surface area contributed by atoms with Crippen LogP contribution in [-0.2, 0) is 12.6 Å². The monoisotopic (exact) mass is 409 g/mol. The Bertz CT molecular complexity index is 983. The molecular weight excluding hydrogens is 394 g/mol. The number of nitrogens with one attached hydrogen (secondary N) is 1. The molecular formula is C19H15F4N3O3. The molecule has 3 rings (SSSR count). The number of halogens is 4. The van der Waals surface area contributed by atoms with Gasteiger partial charge in [-0.3, -0.25) is 0 Å². The summed E-state index contributed by atoms with van der Waals surface area (Å²) in [5.41, 5.74) is -0.526. The molecule has 152 valence electrons. The van der Waals surface area contributed by atoms with Crippen LogP contribution in [0.3, 0.4) is 0 Å². The maximum absolute atomic E-state index is 13.5. The van der Waals surface area contributed by atoms with Crippen molar-refractivity contribution in [2.75, 3.05) is 6.54 Å². The molecule has 0 saturated heterocycles. The second-order valence-electron chi connectivity index (χ2n) is 5.98. The minimum absolute atomic E-state index is 0.0405. The molecule has 0 fully saturated rings. The van der Waals surface area contributed by atoms with Crippen LogP contribution >= 0.6 is 0 Å². The minimum Gasteiger partial charge on any atom is -0.508 e. The fraction of sp³-hybridized carbons (Fsp3) is 0.158. The van der Waals surface area contributed by atoms with Gasteiger partial charge in [0.2, 0.25) is 0 Å². The topological polar surface area (TPSA) is 76.4 Å². The van der Waals surface area contributed by atoms with Crippen LogP contribution in [0.4, 0.5) is 22.4 Å². The molecule has 0 spiro atoms. The predicted octanol–water partition coefficient (Wildman–Crippen LogP) is 4.07. The molecule has 0 saturated carbocycles. The Morgan fingerprint density at radius 2 is 1.76 bits per heavy atom. The van der Waals surface area contributed by atoms with Gasteiger partial charge in [0.05, 0.1) is 11.9 Å². The molecule has 0 bridgehead atoms. The van der Waals surface area contributed by atoms with E-state index in [4.69, 9.17) is 4.74 Å². The number of ether oxygens (including phenoxy) is 1. The number of nitrogens with zero attached hydrogens (tertiary/aromatic N) is 2. The van der Waals surface area contributed by atoms with E-state index in [1.54, 1.807) is 12.1 Å². The highest BCUT2D eigenvalue weighted by molar-refractivity contribution is 5.70. The van der Waals surface area contributed by atoms with Crippen LogP contribution in [-0.4, -0.2) is 27.5 Å². The fourth-order valence-electron chi connectivity index (χ4n) is 2.55. The number of alkyl halides is 3. The van der Waals surface area contributed by atoms with Crippen LogP contribution in [0.25, 0.3) is 5.69 Å². The Labute approximate surface area is 162 Å². The first-order valence-corrected chi connectivity index (χ1v) is 8.39. The third kappa shape index (κ3) is 5.03. The van der Waals surface area contributed by atoms with Gasteiger partial charge in [-0.15, -0.1) is 0 Å². The molecule has 0 unspecified atom stereocenters. The van der Waals surface area contributed by atoms with Crippen LogP contribution in [0.1, 0.15) is 11.3 Å². The lowest BCUT2D eigenvalue weighted by Gasteiger charge is -2.13. The second kappa shape index (κ2) is 8.21. The van der Waals surface area contributed by atoms with Crippen molar-refractivity contribution in [3.05, 3.63) is 71.8 Å². The molecule has 1 heterocycles. The first kappa shape index (κ1) is 20.2. The normalized spacial score (nSPS) is 11.3. The smallest absolute Gasteiger partial charge is 0.437 e. The molecule has 1 amide bonds. The molecule has 0 aliphatic rings. The molecule has 0 atom stereocenters. The van der Waals surface area contributed by atoms with Crippen molar-refractivity contribution in [1.82, 2.24) is 15.1 Å². The first-order chi connectivity index (χ1) is 13.7. The number of phenols is 1. The molecule has 10 heteroatoms. The molecule has 2 aromatic carbocycles. The van der Waals surface area contributed by atoms with Crippen molar-refractivity contribution in [1.29, 1.82) is 0 Å². The van der Waals surface area contributed by atoms with E-state index in [1.807, 2.05) is 0 Å². The van der Waals surface area contributed by atoms with Crippen molar-refractivity contribution in [3.8, 4) is 17.2 Å². The van der Waals surface area contributed by atoms with E-state index in [2.05, 4.69) is 10.4 Å². The average Bonchev–Trinajstić information content (AvgIpc) is 3.08. The third-order valence-corrected chi connectivity index (χ3v) is 3.90. The van der Waals surface area contributed by atoms with Gasteiger partial charge in [0.25, 0.3) is 0 Å². The number of amides is 1. The molecule has 0 radical (unpaired) electrons. The highest BCUT2D eigenvalue weighted by Gasteiger charge is 2.40. The predicted molar refractivity (Wildman–Crippen MR) is 94.4 cm³/mol. The first-order valence-electron chi connectivity index (χ1n) is 8.39. The van der Waals surface area contributed by atoms with Gasteiger partial charge in [0, 0.05) is 6.54 Å². The van der Waals surface area contributed by atoms with E-state index in [1.165, 1.54) is 12.1 Å². The molecule has 29 heavy (non-hydrogen) atoms. The molecule has 3 aromatic rings. The maximum Gasteiger partial charge on any atom is 0.437 e. The number of aromatic nitrogens is 2. The van der Waals surface area contributed by atoms with Gasteiger partial charge >= 0.3 is 12.3 Å². The van der Waals surface area contributed by atoms with Gasteiger partial charge in [-0.2, -0.15) is 18.3 Å². The summed E-state index contributed by atoms with van der Waals surface area (Å²) in [5, 5.41) is 15.2. The second-order valence-corrected chi connectivity index (χ2v) is 5.98. The summed E-state index contributed by atoms with van der Waals surface area (Å²) in [6, 6.07) is 10.5. The summed E-state index contributed by atoms with van der Waals surface area (Å²) in [6.07, 6.45) is -4.79. The van der Waals surface area contributed by atoms with Crippen LogP contribution in [0.2, 0.25) is 0 Å². The maximum atomic E-state index is 13.5. The number of carbonyl (C=O) groups excluding carboxylic acids is 1. The lowest BCUT2D eigenvalue weighted by atomic mass is 10.1. The SMILES string of the molecule is O=C(NCCc1ccc(O)cc1)Oc1cnn(-c2ccc(F)cc2)c1C(F)(F)F. The summed E-state index contributed by atoms with van der Waals surface area (Å²) in [5.74, 6) is -1.29. The average molecular weight is 409 g/mol. The minimum atomic E-state index is -4.87. The summed E-state index contributed by atoms with van der Waals surface area (Å²) in [4.78, 5) is 11.9. The summed E-state index contributed by atoms with van der Waals surface area (Å²) in [6.45, 7) is 0.108. The van der Waals surface area contributed by atoms with E-state index < -0.39 is 29.5 Å². The Kier molecular flexibility index (Phi) is 5.71. The molecule has 2 N–H and O–H groups in total. The Balaban J connectivity index is 1.70. The lowest BCUT2D eigenvalue weighted by Crippen LogP contribution is -2.29. The summed E-state index contributed by atoms with van der Waals surface area (Å²) >= 11 is 0. The standard InChI is InChI=1S/C19H15F4N3O3/c20-13-3-5-14(6-4-13)26-17(19(21,22)23)16(11-25-26)29-18(28)24-10-9-12-1-7-15(27)8-2-12/h1-8,11,27H,9-10H2,(H,24,28). The molecule has 0 aliphatic carbocycles. The van der Waals surface area contributed by atoms with Crippen molar-refractivity contribution < 1.29 is 32.2 Å². The van der Waals surface area contributed by atoms with Gasteiger partial charge in [0.1, 0.15) is 11.6 Å². The van der Waals surface area contributed by atoms with E-state index >= 15 is 0 Å². The number of phenolic OH excluding ortho intramolecular Hbond substituents is 1. The molecule has 1 aromatic heterocycles. The lowest BCUT2D eigenvalue weighted by molar-refractivity contribution is -0.143. The number of carbonyl (C=O) groups is 1. The number of rotatable bonds is 5. The largest absolute Gasteiger partial charge is 0.508 e. The van der Waals surface area contributed by atoms with Crippen molar-refractivity contribution in [2.45, 2.75) is 12.6 Å². The highest BCUT2D eigenvalue weighted by atomic mass is 19.4. The fourth-order valence-corrected chi connectivity index (χ4v) is 2.55. The van der Waals surface area contributed by atoms with Gasteiger partial charge in [-0.25, -0.2) is 13.9 Å².